The second kappa shape index (κ2) is 8.80. The maximum atomic E-state index is 12.9. The minimum atomic E-state index is 0.102. The van der Waals surface area contributed by atoms with Crippen molar-refractivity contribution in [1.82, 2.24) is 4.90 Å². The molecule has 5 heteroatoms. The summed E-state index contributed by atoms with van der Waals surface area (Å²) in [6, 6.07) is 15.4. The first-order valence-corrected chi connectivity index (χ1v) is 9.40. The quantitative estimate of drug-likeness (QED) is 0.780. The summed E-state index contributed by atoms with van der Waals surface area (Å²) in [5.41, 5.74) is 1.78. The van der Waals surface area contributed by atoms with Gasteiger partial charge < -0.3 is 19.3 Å². The Morgan fingerprint density at radius 3 is 2.70 bits per heavy atom. The fourth-order valence-corrected chi connectivity index (χ4v) is 3.39. The summed E-state index contributed by atoms with van der Waals surface area (Å²) in [6.07, 6.45) is 2.08. The van der Waals surface area contributed by atoms with Gasteiger partial charge in [0.15, 0.2) is 0 Å². The summed E-state index contributed by atoms with van der Waals surface area (Å²) in [6.45, 7) is 2.14. The Hall–Kier alpha value is -2.69. The maximum absolute atomic E-state index is 12.9. The lowest BCUT2D eigenvalue weighted by Gasteiger charge is -2.33. The van der Waals surface area contributed by atoms with Gasteiger partial charge in [0, 0.05) is 50.4 Å². The highest BCUT2D eigenvalue weighted by atomic mass is 16.5. The van der Waals surface area contributed by atoms with Crippen LogP contribution >= 0.6 is 0 Å². The van der Waals surface area contributed by atoms with E-state index in [9.17, 15) is 4.79 Å². The van der Waals surface area contributed by atoms with Crippen LogP contribution in [0.2, 0.25) is 0 Å². The smallest absolute Gasteiger partial charge is 0.253 e. The van der Waals surface area contributed by atoms with Crippen LogP contribution in [0.3, 0.4) is 0 Å². The number of hydrogen-bond donors (Lipinski definition) is 0. The first-order chi connectivity index (χ1) is 13.1. The van der Waals surface area contributed by atoms with Gasteiger partial charge in [-0.15, -0.1) is 0 Å². The number of carbonyl (C=O) groups is 1. The molecule has 27 heavy (non-hydrogen) atoms. The number of piperidine rings is 1. The molecule has 0 aliphatic carbocycles. The van der Waals surface area contributed by atoms with E-state index in [0.717, 1.165) is 48.7 Å². The Balaban J connectivity index is 1.60. The van der Waals surface area contributed by atoms with E-state index in [-0.39, 0.29) is 5.91 Å². The second-order valence-corrected chi connectivity index (χ2v) is 7.19. The van der Waals surface area contributed by atoms with Crippen molar-refractivity contribution >= 4 is 11.6 Å². The van der Waals surface area contributed by atoms with Gasteiger partial charge in [0.1, 0.15) is 11.5 Å². The number of methoxy groups -OCH3 is 1. The Labute approximate surface area is 161 Å². The average molecular weight is 368 g/mol. The van der Waals surface area contributed by atoms with E-state index >= 15 is 0 Å². The molecule has 2 aromatic rings. The Morgan fingerprint density at radius 1 is 1.15 bits per heavy atom. The molecule has 0 bridgehead atoms. The molecule has 1 unspecified atom stereocenters. The minimum Gasteiger partial charge on any atom is -0.497 e. The number of amides is 1. The highest BCUT2D eigenvalue weighted by Crippen LogP contribution is 2.23. The summed E-state index contributed by atoms with van der Waals surface area (Å²) < 4.78 is 11.2. The molecule has 1 aliphatic heterocycles. The van der Waals surface area contributed by atoms with E-state index in [1.807, 2.05) is 72.4 Å². The third-order valence-electron chi connectivity index (χ3n) is 4.94. The molecule has 1 fully saturated rings. The zero-order valence-electron chi connectivity index (χ0n) is 16.4. The van der Waals surface area contributed by atoms with Crippen molar-refractivity contribution in [3.8, 4) is 11.5 Å². The normalized spacial score (nSPS) is 16.7. The summed E-state index contributed by atoms with van der Waals surface area (Å²) in [5, 5.41) is 0. The van der Waals surface area contributed by atoms with Crippen molar-refractivity contribution in [2.45, 2.75) is 12.8 Å². The van der Waals surface area contributed by atoms with Crippen molar-refractivity contribution in [2.75, 3.05) is 45.8 Å². The molecule has 0 N–H and O–H groups in total. The first kappa shape index (κ1) is 19.1. The molecule has 1 atom stereocenters. The number of nitrogens with zero attached hydrogens (tertiary/aromatic N) is 2. The summed E-state index contributed by atoms with van der Waals surface area (Å²) in [5.74, 6) is 2.03. The fraction of sp³-hybridized carbons (Fsp3) is 0.409. The van der Waals surface area contributed by atoms with Crippen LogP contribution in [0, 0.1) is 5.92 Å². The summed E-state index contributed by atoms with van der Waals surface area (Å²) >= 11 is 0. The molecule has 1 aliphatic rings. The number of anilines is 1. The van der Waals surface area contributed by atoms with Gasteiger partial charge in [-0.3, -0.25) is 4.79 Å². The predicted octanol–water partition coefficient (Wildman–Crippen LogP) is 3.69. The van der Waals surface area contributed by atoms with Gasteiger partial charge in [-0.2, -0.15) is 0 Å². The van der Waals surface area contributed by atoms with E-state index in [2.05, 4.69) is 0 Å². The SMILES string of the molecule is COc1cccc(OCC2CCCN(C(=O)c3cccc(N(C)C)c3)C2)c1. The van der Waals surface area contributed by atoms with Crippen LogP contribution in [-0.2, 0) is 0 Å². The van der Waals surface area contributed by atoms with Gasteiger partial charge in [0.25, 0.3) is 5.91 Å². The van der Waals surface area contributed by atoms with Crippen LogP contribution in [0.1, 0.15) is 23.2 Å². The van der Waals surface area contributed by atoms with Gasteiger partial charge in [0.05, 0.1) is 13.7 Å². The van der Waals surface area contributed by atoms with E-state index in [0.29, 0.717) is 12.5 Å². The molecule has 3 rings (SSSR count). The van der Waals surface area contributed by atoms with Crippen LogP contribution in [-0.4, -0.2) is 51.7 Å². The second-order valence-electron chi connectivity index (χ2n) is 7.19. The van der Waals surface area contributed by atoms with E-state index in [1.165, 1.54) is 0 Å². The van der Waals surface area contributed by atoms with Crippen LogP contribution < -0.4 is 14.4 Å². The molecule has 144 valence electrons. The van der Waals surface area contributed by atoms with Crippen LogP contribution in [0.15, 0.2) is 48.5 Å². The highest BCUT2D eigenvalue weighted by Gasteiger charge is 2.25. The number of benzene rings is 2. The van der Waals surface area contributed by atoms with Crippen LogP contribution in [0.5, 0.6) is 11.5 Å². The van der Waals surface area contributed by atoms with Gasteiger partial charge in [0.2, 0.25) is 0 Å². The summed E-state index contributed by atoms with van der Waals surface area (Å²) in [4.78, 5) is 16.9. The first-order valence-electron chi connectivity index (χ1n) is 9.40. The molecule has 1 saturated heterocycles. The number of carbonyl (C=O) groups excluding carboxylic acids is 1. The van der Waals surface area contributed by atoms with E-state index in [4.69, 9.17) is 9.47 Å². The molecular weight excluding hydrogens is 340 g/mol. The topological polar surface area (TPSA) is 42.0 Å². The fourth-order valence-electron chi connectivity index (χ4n) is 3.39. The van der Waals surface area contributed by atoms with Gasteiger partial charge in [-0.05, 0) is 43.2 Å². The molecule has 0 aromatic heterocycles. The summed E-state index contributed by atoms with van der Waals surface area (Å²) in [7, 11) is 5.61. The van der Waals surface area contributed by atoms with Crippen molar-refractivity contribution < 1.29 is 14.3 Å². The number of hydrogen-bond acceptors (Lipinski definition) is 4. The lowest BCUT2D eigenvalue weighted by molar-refractivity contribution is 0.0633. The van der Waals surface area contributed by atoms with Crippen molar-refractivity contribution in [1.29, 1.82) is 0 Å². The molecule has 2 aromatic carbocycles. The molecule has 1 heterocycles. The molecule has 0 spiro atoms. The monoisotopic (exact) mass is 368 g/mol. The zero-order chi connectivity index (χ0) is 19.2. The Kier molecular flexibility index (Phi) is 6.22. The van der Waals surface area contributed by atoms with Gasteiger partial charge in [-0.1, -0.05) is 12.1 Å². The maximum Gasteiger partial charge on any atom is 0.253 e. The van der Waals surface area contributed by atoms with Gasteiger partial charge >= 0.3 is 0 Å². The van der Waals surface area contributed by atoms with E-state index < -0.39 is 0 Å². The lowest BCUT2D eigenvalue weighted by Crippen LogP contribution is -2.41. The van der Waals surface area contributed by atoms with Crippen LogP contribution in [0.25, 0.3) is 0 Å². The van der Waals surface area contributed by atoms with Gasteiger partial charge in [-0.25, -0.2) is 0 Å². The molecule has 1 amide bonds. The number of ether oxygens (including phenoxy) is 2. The minimum absolute atomic E-state index is 0.102. The molecular formula is C22H28N2O3. The largest absolute Gasteiger partial charge is 0.497 e. The zero-order valence-corrected chi connectivity index (χ0v) is 16.4. The van der Waals surface area contributed by atoms with Crippen molar-refractivity contribution in [2.24, 2.45) is 5.92 Å². The molecule has 0 radical (unpaired) electrons. The third-order valence-corrected chi connectivity index (χ3v) is 4.94. The van der Waals surface area contributed by atoms with E-state index in [1.54, 1.807) is 7.11 Å². The predicted molar refractivity (Wildman–Crippen MR) is 108 cm³/mol. The third kappa shape index (κ3) is 4.94. The highest BCUT2D eigenvalue weighted by molar-refractivity contribution is 5.95. The number of likely N-dealkylation sites (tertiary alicyclic amines) is 1. The van der Waals surface area contributed by atoms with Crippen molar-refractivity contribution in [3.05, 3.63) is 54.1 Å². The number of rotatable bonds is 6. The Morgan fingerprint density at radius 2 is 1.93 bits per heavy atom. The molecule has 5 nitrogen and oxygen atoms in total. The lowest BCUT2D eigenvalue weighted by atomic mass is 9.98. The standard InChI is InChI=1S/C22H28N2O3/c1-23(2)19-9-4-8-18(13-19)22(25)24-12-6-7-17(15-24)16-27-21-11-5-10-20(14-21)26-3/h4-5,8-11,13-14,17H,6-7,12,15-16H2,1-3H3. The van der Waals surface area contributed by atoms with Crippen molar-refractivity contribution in [3.63, 3.8) is 0 Å². The average Bonchev–Trinajstić information content (AvgIpc) is 2.72. The van der Waals surface area contributed by atoms with Crippen LogP contribution in [0.4, 0.5) is 5.69 Å². The molecule has 0 saturated carbocycles. The Bertz CT molecular complexity index is 776.